The number of aliphatic carboxylic acids is 1. The fourth-order valence-corrected chi connectivity index (χ4v) is 2.84. The number of benzene rings is 1. The Bertz CT molecular complexity index is 535. The van der Waals surface area contributed by atoms with Gasteiger partial charge in [0.25, 0.3) is 0 Å². The van der Waals surface area contributed by atoms with Crippen molar-refractivity contribution in [2.75, 3.05) is 6.54 Å². The van der Waals surface area contributed by atoms with Gasteiger partial charge in [-0.15, -0.1) is 0 Å². The Balaban J connectivity index is 2.09. The fourth-order valence-electron chi connectivity index (χ4n) is 2.41. The monoisotopic (exact) mass is 343 g/mol. The molecule has 0 radical (unpaired) electrons. The molecule has 1 aromatic rings. The predicted octanol–water partition coefficient (Wildman–Crippen LogP) is 2.60. The van der Waals surface area contributed by atoms with Crippen molar-refractivity contribution in [2.45, 2.75) is 31.7 Å². The molecule has 1 N–H and O–H groups in total. The number of amides is 1. The van der Waals surface area contributed by atoms with Gasteiger partial charge in [-0.3, -0.25) is 4.79 Å². The number of carboxylic acids is 1. The smallest absolute Gasteiger partial charge is 0.326 e. The summed E-state index contributed by atoms with van der Waals surface area (Å²) in [5.74, 6) is -1.57. The molecule has 1 aliphatic rings. The normalized spacial score (nSPS) is 18.9. The molecule has 1 heterocycles. The van der Waals surface area contributed by atoms with Crippen LogP contribution >= 0.6 is 15.9 Å². The van der Waals surface area contributed by atoms with Crippen molar-refractivity contribution < 1.29 is 19.1 Å². The van der Waals surface area contributed by atoms with Crippen molar-refractivity contribution in [2.24, 2.45) is 0 Å². The molecule has 0 saturated carbocycles. The molecule has 1 fully saturated rings. The second-order valence-corrected chi connectivity index (χ2v) is 5.72. The van der Waals surface area contributed by atoms with Crippen molar-refractivity contribution >= 4 is 27.8 Å². The highest BCUT2D eigenvalue weighted by Gasteiger charge is 2.31. The fraction of sp³-hybridized carbons (Fsp3) is 0.429. The third kappa shape index (κ3) is 3.36. The zero-order chi connectivity index (χ0) is 14.7. The van der Waals surface area contributed by atoms with E-state index in [-0.39, 0.29) is 18.1 Å². The number of carbonyl (C=O) groups excluding carboxylic acids is 1. The minimum Gasteiger partial charge on any atom is -0.480 e. The van der Waals surface area contributed by atoms with Gasteiger partial charge in [0.15, 0.2) is 0 Å². The van der Waals surface area contributed by atoms with Gasteiger partial charge in [-0.25, -0.2) is 9.18 Å². The van der Waals surface area contributed by atoms with Gasteiger partial charge in [-0.05, 0) is 52.9 Å². The molecule has 1 aromatic carbocycles. The van der Waals surface area contributed by atoms with Crippen molar-refractivity contribution in [3.8, 4) is 0 Å². The number of likely N-dealkylation sites (tertiary alicyclic amines) is 1. The van der Waals surface area contributed by atoms with Gasteiger partial charge in [-0.1, -0.05) is 6.07 Å². The van der Waals surface area contributed by atoms with Crippen LogP contribution in [0.3, 0.4) is 0 Å². The van der Waals surface area contributed by atoms with Crippen LogP contribution in [0, 0.1) is 5.82 Å². The maximum absolute atomic E-state index is 13.1. The van der Waals surface area contributed by atoms with E-state index < -0.39 is 12.0 Å². The first kappa shape index (κ1) is 15.0. The Morgan fingerprint density at radius 1 is 1.40 bits per heavy atom. The van der Waals surface area contributed by atoms with Crippen LogP contribution in [0.4, 0.5) is 4.39 Å². The molecule has 0 spiro atoms. The molecule has 1 aliphatic heterocycles. The van der Waals surface area contributed by atoms with E-state index in [2.05, 4.69) is 15.9 Å². The zero-order valence-corrected chi connectivity index (χ0v) is 12.4. The number of nitrogens with zero attached hydrogens (tertiary/aromatic N) is 1. The Morgan fingerprint density at radius 2 is 2.15 bits per heavy atom. The van der Waals surface area contributed by atoms with Gasteiger partial charge < -0.3 is 10.0 Å². The average molecular weight is 344 g/mol. The maximum Gasteiger partial charge on any atom is 0.326 e. The summed E-state index contributed by atoms with van der Waals surface area (Å²) in [4.78, 5) is 24.8. The minimum atomic E-state index is -0.960. The number of halogens is 2. The Morgan fingerprint density at radius 3 is 2.80 bits per heavy atom. The second-order valence-electron chi connectivity index (χ2n) is 4.86. The van der Waals surface area contributed by atoms with E-state index in [9.17, 15) is 14.0 Å². The largest absolute Gasteiger partial charge is 0.480 e. The predicted molar refractivity (Wildman–Crippen MR) is 74.8 cm³/mol. The molecule has 1 saturated heterocycles. The summed E-state index contributed by atoms with van der Waals surface area (Å²) in [5, 5.41) is 9.15. The molecule has 6 heteroatoms. The molecule has 0 unspecified atom stereocenters. The maximum atomic E-state index is 13.1. The molecule has 2 rings (SSSR count). The SMILES string of the molecule is O=C(O)[C@H]1CCCCN1C(=O)Cc1ccc(F)c(Br)c1. The van der Waals surface area contributed by atoms with E-state index in [0.717, 1.165) is 12.8 Å². The Hall–Kier alpha value is -1.43. The lowest BCUT2D eigenvalue weighted by Gasteiger charge is -2.33. The molecule has 0 aromatic heterocycles. The standard InChI is InChI=1S/C14H15BrFNO3/c15-10-7-9(4-5-11(10)16)8-13(18)17-6-2-1-3-12(17)14(19)20/h4-5,7,12H,1-3,6,8H2,(H,19,20)/t12-/m1/s1. The quantitative estimate of drug-likeness (QED) is 0.917. The van der Waals surface area contributed by atoms with Gasteiger partial charge in [-0.2, -0.15) is 0 Å². The summed E-state index contributed by atoms with van der Waals surface area (Å²) in [7, 11) is 0. The summed E-state index contributed by atoms with van der Waals surface area (Å²) in [6.07, 6.45) is 2.22. The number of hydrogen-bond acceptors (Lipinski definition) is 2. The number of rotatable bonds is 3. The molecule has 20 heavy (non-hydrogen) atoms. The van der Waals surface area contributed by atoms with Crippen molar-refractivity contribution in [1.29, 1.82) is 0 Å². The highest BCUT2D eigenvalue weighted by Crippen LogP contribution is 2.21. The van der Waals surface area contributed by atoms with Gasteiger partial charge in [0.2, 0.25) is 5.91 Å². The Labute approximate surface area is 124 Å². The van der Waals surface area contributed by atoms with Crippen molar-refractivity contribution in [1.82, 2.24) is 4.90 Å². The number of carbonyl (C=O) groups is 2. The second kappa shape index (κ2) is 6.35. The summed E-state index contributed by atoms with van der Waals surface area (Å²) >= 11 is 3.07. The van der Waals surface area contributed by atoms with Crippen LogP contribution in [0.2, 0.25) is 0 Å². The third-order valence-electron chi connectivity index (χ3n) is 3.45. The van der Waals surface area contributed by atoms with Gasteiger partial charge in [0.05, 0.1) is 10.9 Å². The van der Waals surface area contributed by atoms with E-state index >= 15 is 0 Å². The summed E-state index contributed by atoms with van der Waals surface area (Å²) < 4.78 is 13.4. The first-order valence-electron chi connectivity index (χ1n) is 6.45. The van der Waals surface area contributed by atoms with Gasteiger partial charge in [0.1, 0.15) is 11.9 Å². The summed E-state index contributed by atoms with van der Waals surface area (Å²) in [6.45, 7) is 0.470. The van der Waals surface area contributed by atoms with Crippen LogP contribution in [-0.2, 0) is 16.0 Å². The van der Waals surface area contributed by atoms with E-state index in [1.165, 1.54) is 17.0 Å². The van der Waals surface area contributed by atoms with Gasteiger partial charge in [0, 0.05) is 6.54 Å². The first-order chi connectivity index (χ1) is 9.49. The van der Waals surface area contributed by atoms with Gasteiger partial charge >= 0.3 is 5.97 Å². The van der Waals surface area contributed by atoms with E-state index in [4.69, 9.17) is 5.11 Å². The topological polar surface area (TPSA) is 57.6 Å². The van der Waals surface area contributed by atoms with Crippen LogP contribution in [0.1, 0.15) is 24.8 Å². The summed E-state index contributed by atoms with van der Waals surface area (Å²) in [5.41, 5.74) is 0.665. The third-order valence-corrected chi connectivity index (χ3v) is 4.06. The lowest BCUT2D eigenvalue weighted by Crippen LogP contribution is -2.48. The van der Waals surface area contributed by atoms with Crippen molar-refractivity contribution in [3.05, 3.63) is 34.1 Å². The molecule has 0 bridgehead atoms. The van der Waals surface area contributed by atoms with E-state index in [1.54, 1.807) is 6.07 Å². The number of carboxylic acid groups (broad SMARTS) is 1. The molecular formula is C14H15BrFNO3. The molecule has 1 atom stereocenters. The zero-order valence-electron chi connectivity index (χ0n) is 10.8. The van der Waals surface area contributed by atoms with Crippen LogP contribution in [0.25, 0.3) is 0 Å². The molecular weight excluding hydrogens is 329 g/mol. The minimum absolute atomic E-state index is 0.0860. The highest BCUT2D eigenvalue weighted by atomic mass is 79.9. The Kier molecular flexibility index (Phi) is 4.75. The highest BCUT2D eigenvalue weighted by molar-refractivity contribution is 9.10. The first-order valence-corrected chi connectivity index (χ1v) is 7.24. The lowest BCUT2D eigenvalue weighted by atomic mass is 10.0. The number of hydrogen-bond donors (Lipinski definition) is 1. The van der Waals surface area contributed by atoms with E-state index in [0.29, 0.717) is 23.0 Å². The molecule has 0 aliphatic carbocycles. The van der Waals surface area contributed by atoms with Crippen LogP contribution < -0.4 is 0 Å². The lowest BCUT2D eigenvalue weighted by molar-refractivity contribution is -0.151. The van der Waals surface area contributed by atoms with Crippen LogP contribution in [-0.4, -0.2) is 34.5 Å². The summed E-state index contributed by atoms with van der Waals surface area (Å²) in [6, 6.07) is 3.64. The number of piperidine rings is 1. The molecule has 1 amide bonds. The van der Waals surface area contributed by atoms with Crippen LogP contribution in [0.15, 0.2) is 22.7 Å². The molecule has 4 nitrogen and oxygen atoms in total. The van der Waals surface area contributed by atoms with Crippen LogP contribution in [0.5, 0.6) is 0 Å². The molecule has 108 valence electrons. The average Bonchev–Trinajstić information content (AvgIpc) is 2.43. The van der Waals surface area contributed by atoms with E-state index in [1.807, 2.05) is 0 Å². The van der Waals surface area contributed by atoms with Crippen molar-refractivity contribution in [3.63, 3.8) is 0 Å².